The summed E-state index contributed by atoms with van der Waals surface area (Å²) in [5.74, 6) is -0.112. The number of hydrogen-bond donors (Lipinski definition) is 1. The summed E-state index contributed by atoms with van der Waals surface area (Å²) < 4.78 is 4.99. The molecule has 0 saturated carbocycles. The van der Waals surface area contributed by atoms with Crippen LogP contribution < -0.4 is 5.32 Å². The highest BCUT2D eigenvalue weighted by molar-refractivity contribution is 7.13. The highest BCUT2D eigenvalue weighted by atomic mass is 32.1. The maximum absolute atomic E-state index is 11.6. The van der Waals surface area contributed by atoms with E-state index < -0.39 is 0 Å². The van der Waals surface area contributed by atoms with Crippen molar-refractivity contribution < 1.29 is 14.3 Å². The van der Waals surface area contributed by atoms with Crippen molar-refractivity contribution in [3.63, 3.8) is 0 Å². The summed E-state index contributed by atoms with van der Waals surface area (Å²) in [4.78, 5) is 30.9. The van der Waals surface area contributed by atoms with Gasteiger partial charge in [-0.05, 0) is 6.92 Å². The third kappa shape index (κ3) is 4.68. The Hall–Kier alpha value is -1.67. The minimum Gasteiger partial charge on any atom is -0.450 e. The molecule has 0 atom stereocenters. The molecule has 1 saturated heterocycles. The normalized spacial score (nSPS) is 15.8. The van der Waals surface area contributed by atoms with Gasteiger partial charge in [0.05, 0.1) is 12.3 Å². The van der Waals surface area contributed by atoms with Crippen LogP contribution in [0.15, 0.2) is 5.38 Å². The van der Waals surface area contributed by atoms with Gasteiger partial charge in [0.25, 0.3) is 0 Å². The highest BCUT2D eigenvalue weighted by Gasteiger charge is 2.22. The molecule has 0 bridgehead atoms. The third-order valence-corrected chi connectivity index (χ3v) is 3.93. The number of hydrogen-bond acceptors (Lipinski definition) is 6. The van der Waals surface area contributed by atoms with Gasteiger partial charge >= 0.3 is 6.09 Å². The van der Waals surface area contributed by atoms with E-state index in [1.807, 2.05) is 12.3 Å². The van der Waals surface area contributed by atoms with Crippen molar-refractivity contribution in [3.05, 3.63) is 11.1 Å². The lowest BCUT2D eigenvalue weighted by atomic mass is 10.3. The van der Waals surface area contributed by atoms with Crippen LogP contribution in [-0.2, 0) is 16.1 Å². The van der Waals surface area contributed by atoms with Gasteiger partial charge in [0.1, 0.15) is 0 Å². The first-order valence-corrected chi connectivity index (χ1v) is 7.82. The first-order valence-electron chi connectivity index (χ1n) is 6.94. The van der Waals surface area contributed by atoms with Gasteiger partial charge in [-0.1, -0.05) is 0 Å². The first kappa shape index (κ1) is 15.7. The number of piperazine rings is 1. The molecule has 21 heavy (non-hydrogen) atoms. The number of nitrogens with zero attached hydrogens (tertiary/aromatic N) is 3. The zero-order valence-electron chi connectivity index (χ0n) is 12.3. The van der Waals surface area contributed by atoms with E-state index in [0.717, 1.165) is 25.3 Å². The van der Waals surface area contributed by atoms with Crippen molar-refractivity contribution in [2.24, 2.45) is 0 Å². The van der Waals surface area contributed by atoms with Crippen LogP contribution in [0.2, 0.25) is 0 Å². The number of aromatic nitrogens is 1. The summed E-state index contributed by atoms with van der Waals surface area (Å²) in [6.45, 7) is 7.34. The van der Waals surface area contributed by atoms with Gasteiger partial charge in [0, 0.05) is 45.0 Å². The van der Waals surface area contributed by atoms with Crippen molar-refractivity contribution in [1.29, 1.82) is 0 Å². The minimum absolute atomic E-state index is 0.112. The molecule has 2 amide bonds. The number of rotatable bonds is 4. The van der Waals surface area contributed by atoms with Crippen LogP contribution in [0, 0.1) is 0 Å². The van der Waals surface area contributed by atoms with Gasteiger partial charge in [0.15, 0.2) is 5.13 Å². The van der Waals surface area contributed by atoms with Crippen LogP contribution in [0.4, 0.5) is 9.93 Å². The fraction of sp³-hybridized carbons (Fsp3) is 0.615. The van der Waals surface area contributed by atoms with E-state index in [4.69, 9.17) is 4.74 Å². The zero-order chi connectivity index (χ0) is 15.2. The van der Waals surface area contributed by atoms with Crippen LogP contribution in [0.3, 0.4) is 0 Å². The molecule has 2 heterocycles. The number of ether oxygens (including phenoxy) is 1. The van der Waals surface area contributed by atoms with E-state index in [2.05, 4.69) is 15.2 Å². The molecule has 0 aromatic carbocycles. The van der Waals surface area contributed by atoms with Crippen LogP contribution in [0.25, 0.3) is 0 Å². The van der Waals surface area contributed by atoms with Crippen molar-refractivity contribution in [3.8, 4) is 0 Å². The van der Waals surface area contributed by atoms with Crippen molar-refractivity contribution in [2.75, 3.05) is 38.1 Å². The summed E-state index contributed by atoms with van der Waals surface area (Å²) >= 11 is 1.42. The molecule has 7 nitrogen and oxygen atoms in total. The van der Waals surface area contributed by atoms with Crippen LogP contribution >= 0.6 is 11.3 Å². The Morgan fingerprint density at radius 2 is 2.10 bits per heavy atom. The highest BCUT2D eigenvalue weighted by Crippen LogP contribution is 2.17. The summed E-state index contributed by atoms with van der Waals surface area (Å²) in [7, 11) is 0. The Morgan fingerprint density at radius 1 is 1.38 bits per heavy atom. The van der Waals surface area contributed by atoms with E-state index in [1.54, 1.807) is 4.90 Å². The molecule has 1 aromatic heterocycles. The molecule has 8 heteroatoms. The number of carbonyl (C=O) groups excluding carboxylic acids is 2. The number of carbonyl (C=O) groups is 2. The van der Waals surface area contributed by atoms with E-state index in [-0.39, 0.29) is 12.0 Å². The second kappa shape index (κ2) is 7.37. The lowest BCUT2D eigenvalue weighted by molar-refractivity contribution is -0.114. The van der Waals surface area contributed by atoms with Crippen LogP contribution in [0.5, 0.6) is 0 Å². The molecular weight excluding hydrogens is 292 g/mol. The quantitative estimate of drug-likeness (QED) is 0.909. The molecule has 1 aromatic rings. The molecule has 1 aliphatic rings. The van der Waals surface area contributed by atoms with E-state index in [0.29, 0.717) is 24.8 Å². The fourth-order valence-electron chi connectivity index (χ4n) is 2.12. The van der Waals surface area contributed by atoms with Crippen molar-refractivity contribution in [1.82, 2.24) is 14.8 Å². The number of amides is 2. The molecule has 0 unspecified atom stereocenters. The second-order valence-corrected chi connectivity index (χ2v) is 5.65. The Labute approximate surface area is 127 Å². The Balaban J connectivity index is 1.79. The number of nitrogens with one attached hydrogen (secondary N) is 1. The van der Waals surface area contributed by atoms with Crippen LogP contribution in [-0.4, -0.2) is 59.6 Å². The topological polar surface area (TPSA) is 74.8 Å². The average Bonchev–Trinajstić information content (AvgIpc) is 2.86. The Kier molecular flexibility index (Phi) is 5.51. The zero-order valence-corrected chi connectivity index (χ0v) is 13.1. The van der Waals surface area contributed by atoms with Gasteiger partial charge < -0.3 is 15.0 Å². The van der Waals surface area contributed by atoms with Gasteiger partial charge in [-0.15, -0.1) is 11.3 Å². The van der Waals surface area contributed by atoms with Gasteiger partial charge in [-0.25, -0.2) is 9.78 Å². The average molecular weight is 312 g/mol. The standard InChI is InChI=1S/C13H20N4O3S/c1-3-20-13(19)17-6-4-16(5-7-17)8-11-9-21-12(15-11)14-10(2)18/h9H,3-8H2,1-2H3,(H,14,15,18). The van der Waals surface area contributed by atoms with Crippen molar-refractivity contribution in [2.45, 2.75) is 20.4 Å². The summed E-state index contributed by atoms with van der Waals surface area (Å²) in [6.07, 6.45) is -0.237. The maximum Gasteiger partial charge on any atom is 0.409 e. The SMILES string of the molecule is CCOC(=O)N1CCN(Cc2csc(NC(C)=O)n2)CC1. The third-order valence-electron chi connectivity index (χ3n) is 3.12. The summed E-state index contributed by atoms with van der Waals surface area (Å²) in [5.41, 5.74) is 0.938. The second-order valence-electron chi connectivity index (χ2n) is 4.79. The molecular formula is C13H20N4O3S. The van der Waals surface area contributed by atoms with E-state index in [9.17, 15) is 9.59 Å². The molecule has 0 spiro atoms. The van der Waals surface area contributed by atoms with Gasteiger partial charge in [-0.3, -0.25) is 9.69 Å². The lowest BCUT2D eigenvalue weighted by Gasteiger charge is -2.33. The molecule has 0 radical (unpaired) electrons. The van der Waals surface area contributed by atoms with Gasteiger partial charge in [0.2, 0.25) is 5.91 Å². The smallest absolute Gasteiger partial charge is 0.409 e. The maximum atomic E-state index is 11.6. The molecule has 0 aliphatic carbocycles. The lowest BCUT2D eigenvalue weighted by Crippen LogP contribution is -2.48. The molecule has 1 N–H and O–H groups in total. The predicted molar refractivity (Wildman–Crippen MR) is 80.3 cm³/mol. The largest absolute Gasteiger partial charge is 0.450 e. The molecule has 1 fully saturated rings. The van der Waals surface area contributed by atoms with Crippen molar-refractivity contribution >= 4 is 28.5 Å². The van der Waals surface area contributed by atoms with Crippen LogP contribution in [0.1, 0.15) is 19.5 Å². The molecule has 2 rings (SSSR count). The minimum atomic E-state index is -0.237. The summed E-state index contributed by atoms with van der Waals surface area (Å²) in [6, 6.07) is 0. The first-order chi connectivity index (χ1) is 10.1. The predicted octanol–water partition coefficient (Wildman–Crippen LogP) is 1.38. The Morgan fingerprint density at radius 3 is 2.71 bits per heavy atom. The van der Waals surface area contributed by atoms with E-state index in [1.165, 1.54) is 18.3 Å². The molecule has 1 aliphatic heterocycles. The Bertz CT molecular complexity index is 497. The fourth-order valence-corrected chi connectivity index (χ4v) is 2.87. The summed E-state index contributed by atoms with van der Waals surface area (Å²) in [5, 5.41) is 5.25. The van der Waals surface area contributed by atoms with E-state index >= 15 is 0 Å². The number of anilines is 1. The monoisotopic (exact) mass is 312 g/mol. The van der Waals surface area contributed by atoms with Gasteiger partial charge in [-0.2, -0.15) is 0 Å². The molecule has 116 valence electrons. The number of thiazole rings is 1.